The van der Waals surface area contributed by atoms with Gasteiger partial charge >= 0.3 is 0 Å². The summed E-state index contributed by atoms with van der Waals surface area (Å²) in [6.07, 6.45) is 1.78. The molecular formula is C11H13N3. The lowest BCUT2D eigenvalue weighted by atomic mass is 10.1. The van der Waals surface area contributed by atoms with Crippen molar-refractivity contribution in [2.45, 2.75) is 20.8 Å². The Hall–Kier alpha value is -1.64. The summed E-state index contributed by atoms with van der Waals surface area (Å²) < 4.78 is 0. The van der Waals surface area contributed by atoms with E-state index in [1.165, 1.54) is 5.56 Å². The van der Waals surface area contributed by atoms with Crippen LogP contribution in [0.15, 0.2) is 6.58 Å². The van der Waals surface area contributed by atoms with E-state index in [1.807, 2.05) is 13.8 Å². The van der Waals surface area contributed by atoms with E-state index in [9.17, 15) is 0 Å². The zero-order valence-corrected chi connectivity index (χ0v) is 8.68. The number of nitrogens with zero attached hydrogens (tertiary/aromatic N) is 2. The van der Waals surface area contributed by atoms with Crippen LogP contribution in [0.5, 0.6) is 0 Å². The lowest BCUT2D eigenvalue weighted by Gasteiger charge is -1.98. The minimum Gasteiger partial charge on any atom is -0.343 e. The second kappa shape index (κ2) is 2.94. The van der Waals surface area contributed by atoms with Crippen LogP contribution >= 0.6 is 0 Å². The molecule has 0 aliphatic heterocycles. The predicted molar refractivity (Wildman–Crippen MR) is 58.2 cm³/mol. The Balaban J connectivity index is 2.95. The Morgan fingerprint density at radius 2 is 1.93 bits per heavy atom. The third-order valence-electron chi connectivity index (χ3n) is 2.49. The Kier molecular flexibility index (Phi) is 1.88. The first-order valence-electron chi connectivity index (χ1n) is 4.59. The van der Waals surface area contributed by atoms with Crippen molar-refractivity contribution in [2.24, 2.45) is 0 Å². The molecule has 3 heteroatoms. The van der Waals surface area contributed by atoms with E-state index in [-0.39, 0.29) is 0 Å². The topological polar surface area (TPSA) is 41.6 Å². The largest absolute Gasteiger partial charge is 0.343 e. The third-order valence-corrected chi connectivity index (χ3v) is 2.49. The molecule has 1 N–H and O–H groups in total. The summed E-state index contributed by atoms with van der Waals surface area (Å²) in [5.41, 5.74) is 4.16. The third kappa shape index (κ3) is 1.13. The fourth-order valence-electron chi connectivity index (χ4n) is 1.66. The number of rotatable bonds is 1. The molecule has 0 amide bonds. The maximum Gasteiger partial charge on any atom is 0.142 e. The van der Waals surface area contributed by atoms with Crippen LogP contribution in [0.1, 0.15) is 22.8 Å². The molecule has 14 heavy (non-hydrogen) atoms. The molecule has 0 fully saturated rings. The van der Waals surface area contributed by atoms with Crippen LogP contribution < -0.4 is 0 Å². The van der Waals surface area contributed by atoms with Gasteiger partial charge in [-0.2, -0.15) is 0 Å². The van der Waals surface area contributed by atoms with Gasteiger partial charge in [-0.15, -0.1) is 0 Å². The summed E-state index contributed by atoms with van der Waals surface area (Å²) in [5.74, 6) is 0.772. The van der Waals surface area contributed by atoms with Crippen molar-refractivity contribution in [2.75, 3.05) is 0 Å². The highest BCUT2D eigenvalue weighted by Crippen LogP contribution is 2.23. The summed E-state index contributed by atoms with van der Waals surface area (Å²) in [6, 6.07) is 0. The average Bonchev–Trinajstić information content (AvgIpc) is 2.41. The number of aryl methyl sites for hydroxylation is 3. The van der Waals surface area contributed by atoms with E-state index in [2.05, 4.69) is 28.5 Å². The maximum absolute atomic E-state index is 4.35. The van der Waals surface area contributed by atoms with Gasteiger partial charge in [0.05, 0.1) is 5.69 Å². The van der Waals surface area contributed by atoms with E-state index in [0.29, 0.717) is 0 Å². The number of fused-ring (bicyclic) bond motifs is 1. The van der Waals surface area contributed by atoms with E-state index in [0.717, 1.165) is 28.2 Å². The van der Waals surface area contributed by atoms with Crippen LogP contribution in [0.25, 0.3) is 17.1 Å². The zero-order chi connectivity index (χ0) is 10.3. The molecule has 2 aromatic rings. The molecule has 72 valence electrons. The summed E-state index contributed by atoms with van der Waals surface area (Å²) in [7, 11) is 0. The van der Waals surface area contributed by atoms with Crippen molar-refractivity contribution in [3.63, 3.8) is 0 Å². The monoisotopic (exact) mass is 187 g/mol. The number of H-pyrrole nitrogens is 1. The van der Waals surface area contributed by atoms with Gasteiger partial charge in [0.25, 0.3) is 0 Å². The highest BCUT2D eigenvalue weighted by Gasteiger charge is 2.09. The molecule has 0 bridgehead atoms. The molecule has 0 aliphatic rings. The molecule has 2 aromatic heterocycles. The van der Waals surface area contributed by atoms with E-state index in [4.69, 9.17) is 0 Å². The Labute approximate surface area is 82.9 Å². The molecule has 0 atom stereocenters. The first-order chi connectivity index (χ1) is 6.63. The van der Waals surface area contributed by atoms with E-state index < -0.39 is 0 Å². The Morgan fingerprint density at radius 1 is 1.21 bits per heavy atom. The number of aromatic nitrogens is 3. The quantitative estimate of drug-likeness (QED) is 0.745. The first-order valence-corrected chi connectivity index (χ1v) is 4.59. The standard InChI is InChI=1S/C11H13N3/c1-5-9-10-6(2)7(3)12-11(10)14-8(4)13-9/h5H,1H2,2-4H3,(H,12,13,14). The SMILES string of the molecule is C=Cc1nc(C)nc2[nH]c(C)c(C)c12. The van der Waals surface area contributed by atoms with Gasteiger partial charge in [-0.05, 0) is 32.4 Å². The molecule has 0 unspecified atom stereocenters. The zero-order valence-electron chi connectivity index (χ0n) is 8.68. The van der Waals surface area contributed by atoms with Crippen molar-refractivity contribution in [3.8, 4) is 0 Å². The Bertz CT molecular complexity index is 509. The van der Waals surface area contributed by atoms with Crippen LogP contribution in [-0.2, 0) is 0 Å². The molecule has 3 nitrogen and oxygen atoms in total. The van der Waals surface area contributed by atoms with Gasteiger partial charge < -0.3 is 4.98 Å². The summed E-state index contributed by atoms with van der Waals surface area (Å²) in [4.78, 5) is 11.9. The van der Waals surface area contributed by atoms with Gasteiger partial charge in [0, 0.05) is 11.1 Å². The van der Waals surface area contributed by atoms with Crippen molar-refractivity contribution >= 4 is 17.1 Å². The molecule has 0 saturated carbocycles. The minimum atomic E-state index is 0.772. The van der Waals surface area contributed by atoms with Gasteiger partial charge in [0.2, 0.25) is 0 Å². The van der Waals surface area contributed by atoms with Crippen molar-refractivity contribution in [1.82, 2.24) is 15.0 Å². The van der Waals surface area contributed by atoms with Gasteiger partial charge in [0.15, 0.2) is 0 Å². The van der Waals surface area contributed by atoms with Crippen LogP contribution in [0.2, 0.25) is 0 Å². The molecule has 0 saturated heterocycles. The molecule has 0 aromatic carbocycles. The maximum atomic E-state index is 4.35. The fourth-order valence-corrected chi connectivity index (χ4v) is 1.66. The van der Waals surface area contributed by atoms with Crippen LogP contribution in [-0.4, -0.2) is 15.0 Å². The van der Waals surface area contributed by atoms with Crippen LogP contribution in [0.3, 0.4) is 0 Å². The first kappa shape index (κ1) is 8.94. The van der Waals surface area contributed by atoms with Crippen LogP contribution in [0, 0.1) is 20.8 Å². The van der Waals surface area contributed by atoms with Gasteiger partial charge in [-0.1, -0.05) is 6.58 Å². The highest BCUT2D eigenvalue weighted by molar-refractivity contribution is 5.88. The molecule has 0 radical (unpaired) electrons. The van der Waals surface area contributed by atoms with Crippen molar-refractivity contribution in [3.05, 3.63) is 29.4 Å². The van der Waals surface area contributed by atoms with Gasteiger partial charge in [-0.25, -0.2) is 9.97 Å². The normalized spacial score (nSPS) is 10.8. The van der Waals surface area contributed by atoms with Crippen molar-refractivity contribution in [1.29, 1.82) is 0 Å². The van der Waals surface area contributed by atoms with E-state index in [1.54, 1.807) is 6.08 Å². The molecular weight excluding hydrogens is 174 g/mol. The minimum absolute atomic E-state index is 0.772. The van der Waals surface area contributed by atoms with E-state index >= 15 is 0 Å². The number of hydrogen-bond acceptors (Lipinski definition) is 2. The summed E-state index contributed by atoms with van der Waals surface area (Å²) in [6.45, 7) is 9.77. The lowest BCUT2D eigenvalue weighted by Crippen LogP contribution is -1.92. The molecule has 0 spiro atoms. The second-order valence-corrected chi connectivity index (χ2v) is 3.46. The number of nitrogens with one attached hydrogen (secondary N) is 1. The smallest absolute Gasteiger partial charge is 0.142 e. The molecule has 2 heterocycles. The summed E-state index contributed by atoms with van der Waals surface area (Å²) >= 11 is 0. The van der Waals surface area contributed by atoms with Gasteiger partial charge in [0.1, 0.15) is 11.5 Å². The Morgan fingerprint density at radius 3 is 2.57 bits per heavy atom. The van der Waals surface area contributed by atoms with Gasteiger partial charge in [-0.3, -0.25) is 0 Å². The number of aromatic amines is 1. The van der Waals surface area contributed by atoms with Crippen LogP contribution in [0.4, 0.5) is 0 Å². The average molecular weight is 187 g/mol. The molecule has 2 rings (SSSR count). The summed E-state index contributed by atoms with van der Waals surface area (Å²) in [5, 5.41) is 1.09. The molecule has 0 aliphatic carbocycles. The lowest BCUT2D eigenvalue weighted by molar-refractivity contribution is 1.07. The predicted octanol–water partition coefficient (Wildman–Crippen LogP) is 2.53. The van der Waals surface area contributed by atoms with Crippen molar-refractivity contribution < 1.29 is 0 Å². The fraction of sp³-hybridized carbons (Fsp3) is 0.273. The second-order valence-electron chi connectivity index (χ2n) is 3.46. The number of hydrogen-bond donors (Lipinski definition) is 1. The highest BCUT2D eigenvalue weighted by atomic mass is 15.0.